The van der Waals surface area contributed by atoms with Gasteiger partial charge in [-0.05, 0) is 71.1 Å². The smallest absolute Gasteiger partial charge is 0.410 e. The van der Waals surface area contributed by atoms with Gasteiger partial charge in [-0.3, -0.25) is 24.2 Å². The molecule has 44 heavy (non-hydrogen) atoms. The summed E-state index contributed by atoms with van der Waals surface area (Å²) in [6.07, 6.45) is -0.00189. The molecule has 4 atom stereocenters. The van der Waals surface area contributed by atoms with Gasteiger partial charge in [-0.15, -0.1) is 0 Å². The fourth-order valence-corrected chi connectivity index (χ4v) is 5.40. The van der Waals surface area contributed by atoms with Crippen molar-refractivity contribution in [2.75, 3.05) is 11.9 Å². The summed E-state index contributed by atoms with van der Waals surface area (Å²) < 4.78 is 10.8. The van der Waals surface area contributed by atoms with E-state index in [4.69, 9.17) is 9.47 Å². The van der Waals surface area contributed by atoms with E-state index in [1.165, 1.54) is 16.8 Å². The summed E-state index contributed by atoms with van der Waals surface area (Å²) in [5, 5.41) is 5.64. The number of aryl methyl sites for hydroxylation is 1. The minimum Gasteiger partial charge on any atom is -0.461 e. The number of hydrogen-bond donors (Lipinski definition) is 2. The van der Waals surface area contributed by atoms with Gasteiger partial charge in [-0.1, -0.05) is 48.5 Å². The van der Waals surface area contributed by atoms with Gasteiger partial charge in [-0.25, -0.2) is 9.59 Å². The molecule has 2 aromatic rings. The molecule has 0 aromatic heterocycles. The average molecular weight is 607 g/mol. The Kier molecular flexibility index (Phi) is 9.66. The minimum absolute atomic E-state index is 0.250. The first-order chi connectivity index (χ1) is 20.7. The van der Waals surface area contributed by atoms with Crippen LogP contribution in [0.2, 0.25) is 0 Å². The van der Waals surface area contributed by atoms with Gasteiger partial charge >= 0.3 is 12.1 Å². The van der Waals surface area contributed by atoms with E-state index in [0.29, 0.717) is 24.1 Å². The normalized spacial score (nSPS) is 18.9. The van der Waals surface area contributed by atoms with E-state index >= 15 is 0 Å². The van der Waals surface area contributed by atoms with Gasteiger partial charge in [0.1, 0.15) is 23.7 Å². The lowest BCUT2D eigenvalue weighted by Gasteiger charge is -2.31. The van der Waals surface area contributed by atoms with Crippen molar-refractivity contribution >= 4 is 35.5 Å². The molecular weight excluding hydrogens is 564 g/mol. The maximum atomic E-state index is 14.1. The number of para-hydroxylation sites is 1. The Bertz CT molecular complexity index is 1420. The highest BCUT2D eigenvalue weighted by Crippen LogP contribution is 2.39. The molecule has 0 aliphatic carbocycles. The largest absolute Gasteiger partial charge is 0.461 e. The monoisotopic (exact) mass is 606 g/mol. The Labute approximate surface area is 258 Å². The molecule has 0 saturated heterocycles. The van der Waals surface area contributed by atoms with Gasteiger partial charge < -0.3 is 20.1 Å². The first kappa shape index (κ1) is 32.5. The van der Waals surface area contributed by atoms with E-state index in [1.807, 2.05) is 24.3 Å². The maximum absolute atomic E-state index is 14.1. The number of carbonyl (C=O) groups excluding carboxylic acids is 5. The lowest BCUT2D eigenvalue weighted by atomic mass is 10.0. The Morgan fingerprint density at radius 2 is 1.64 bits per heavy atom. The van der Waals surface area contributed by atoms with Gasteiger partial charge in [0, 0.05) is 13.5 Å². The highest BCUT2D eigenvalue weighted by atomic mass is 16.6. The van der Waals surface area contributed by atoms with Gasteiger partial charge in [0.25, 0.3) is 0 Å². The number of nitrogens with one attached hydrogen (secondary N) is 2. The quantitative estimate of drug-likeness (QED) is 0.440. The molecule has 2 aromatic carbocycles. The Morgan fingerprint density at radius 1 is 0.977 bits per heavy atom. The molecule has 0 radical (unpaired) electrons. The second kappa shape index (κ2) is 13.1. The highest BCUT2D eigenvalue weighted by Gasteiger charge is 2.45. The summed E-state index contributed by atoms with van der Waals surface area (Å²) in [4.78, 5) is 69.6. The van der Waals surface area contributed by atoms with Gasteiger partial charge in [0.15, 0.2) is 6.04 Å². The lowest BCUT2D eigenvalue weighted by molar-refractivity contribution is -0.151. The van der Waals surface area contributed by atoms with Crippen molar-refractivity contribution in [1.82, 2.24) is 15.5 Å². The Hall–Kier alpha value is -4.41. The van der Waals surface area contributed by atoms with E-state index in [1.54, 1.807) is 65.8 Å². The third-order valence-corrected chi connectivity index (χ3v) is 7.67. The number of likely N-dealkylation sites (N-methyl/N-ethyl adjacent to an activating group) is 1. The van der Waals surface area contributed by atoms with Crippen molar-refractivity contribution in [2.24, 2.45) is 0 Å². The van der Waals surface area contributed by atoms with Crippen LogP contribution in [-0.2, 0) is 41.5 Å². The molecule has 4 amide bonds. The number of nitrogens with zero attached hydrogens (tertiary/aromatic N) is 2. The average Bonchev–Trinajstić information content (AvgIpc) is 3.30. The van der Waals surface area contributed by atoms with Crippen LogP contribution >= 0.6 is 0 Å². The molecule has 0 fully saturated rings. The van der Waals surface area contributed by atoms with Gasteiger partial charge in [0.2, 0.25) is 17.7 Å². The van der Waals surface area contributed by atoms with Crippen LogP contribution in [0.15, 0.2) is 48.5 Å². The molecule has 2 heterocycles. The van der Waals surface area contributed by atoms with Crippen LogP contribution in [-0.4, -0.2) is 71.6 Å². The molecule has 11 nitrogen and oxygen atoms in total. The van der Waals surface area contributed by atoms with E-state index in [-0.39, 0.29) is 6.42 Å². The van der Waals surface area contributed by atoms with Crippen LogP contribution < -0.4 is 15.5 Å². The van der Waals surface area contributed by atoms with Crippen LogP contribution in [0.1, 0.15) is 70.7 Å². The second-order valence-electron chi connectivity index (χ2n) is 12.6. The first-order valence-corrected chi connectivity index (χ1v) is 14.9. The number of amides is 4. The van der Waals surface area contributed by atoms with E-state index in [9.17, 15) is 24.0 Å². The number of benzene rings is 2. The summed E-state index contributed by atoms with van der Waals surface area (Å²) in [6, 6.07) is 10.6. The first-order valence-electron chi connectivity index (χ1n) is 14.9. The van der Waals surface area contributed by atoms with Crippen molar-refractivity contribution < 1.29 is 33.4 Å². The fraction of sp³-hybridized carbons (Fsp3) is 0.485. The third-order valence-electron chi connectivity index (χ3n) is 7.67. The maximum Gasteiger partial charge on any atom is 0.410 e. The molecule has 0 saturated carbocycles. The van der Waals surface area contributed by atoms with Crippen molar-refractivity contribution in [3.8, 4) is 0 Å². The zero-order chi connectivity index (χ0) is 32.3. The predicted molar refractivity (Wildman–Crippen MR) is 164 cm³/mol. The number of anilines is 1. The molecule has 4 unspecified atom stereocenters. The van der Waals surface area contributed by atoms with E-state index < -0.39 is 65.7 Å². The zero-order valence-electron chi connectivity index (χ0n) is 26.4. The van der Waals surface area contributed by atoms with Crippen molar-refractivity contribution in [3.05, 3.63) is 65.2 Å². The topological polar surface area (TPSA) is 134 Å². The van der Waals surface area contributed by atoms with Crippen LogP contribution in [0.5, 0.6) is 0 Å². The summed E-state index contributed by atoms with van der Waals surface area (Å²) in [7, 11) is 1.46. The zero-order valence-corrected chi connectivity index (χ0v) is 26.4. The molecule has 2 N–H and O–H groups in total. The fourth-order valence-electron chi connectivity index (χ4n) is 5.40. The van der Waals surface area contributed by atoms with Crippen molar-refractivity contribution in [2.45, 2.75) is 96.7 Å². The predicted octanol–water partition coefficient (Wildman–Crippen LogP) is 3.44. The third kappa shape index (κ3) is 7.20. The minimum atomic E-state index is -1.07. The van der Waals surface area contributed by atoms with Gasteiger partial charge in [0.05, 0.1) is 11.8 Å². The number of ether oxygens (including phenoxy) is 2. The summed E-state index contributed by atoms with van der Waals surface area (Å²) in [5.41, 5.74) is 2.20. The molecule has 0 bridgehead atoms. The number of carbonyl (C=O) groups is 5. The van der Waals surface area contributed by atoms with Gasteiger partial charge in [-0.2, -0.15) is 0 Å². The van der Waals surface area contributed by atoms with Crippen LogP contribution in [0.25, 0.3) is 0 Å². The second-order valence-corrected chi connectivity index (χ2v) is 12.6. The van der Waals surface area contributed by atoms with Crippen LogP contribution in [0.4, 0.5) is 10.5 Å². The summed E-state index contributed by atoms with van der Waals surface area (Å²) in [6.45, 7) is 10.2. The van der Waals surface area contributed by atoms with Crippen molar-refractivity contribution in [3.63, 3.8) is 0 Å². The lowest BCUT2D eigenvalue weighted by Crippen LogP contribution is -2.57. The molecular formula is C33H42N4O7. The van der Waals surface area contributed by atoms with E-state index in [2.05, 4.69) is 10.6 Å². The Balaban J connectivity index is 1.57. The number of hydrogen-bond acceptors (Lipinski definition) is 7. The molecule has 4 rings (SSSR count). The number of rotatable bonds is 8. The Morgan fingerprint density at radius 3 is 2.27 bits per heavy atom. The molecule has 0 spiro atoms. The number of esters is 1. The van der Waals surface area contributed by atoms with Crippen LogP contribution in [0.3, 0.4) is 0 Å². The van der Waals surface area contributed by atoms with Crippen LogP contribution in [0, 0.1) is 0 Å². The summed E-state index contributed by atoms with van der Waals surface area (Å²) in [5.74, 6) is -2.08. The van der Waals surface area contributed by atoms with E-state index in [0.717, 1.165) is 11.1 Å². The molecule has 2 aliphatic rings. The standard InChI is InChI=1S/C33H42N4O7/c1-19(2)43-31(41)26(21-12-9-8-10-13-21)35-29(39)25-18-23-15-11-14-22-16-17-24(30(40)37(25)27(22)23)34-28(38)20(3)36(7)32(42)44-33(4,5)6/h8-15,19-20,24-26H,16-18H2,1-7H3,(H,34,38)(H,35,39). The highest BCUT2D eigenvalue weighted by molar-refractivity contribution is 6.08. The summed E-state index contributed by atoms with van der Waals surface area (Å²) >= 11 is 0. The van der Waals surface area contributed by atoms with Crippen molar-refractivity contribution in [1.29, 1.82) is 0 Å². The molecule has 236 valence electrons. The SMILES string of the molecule is CC(C)OC(=O)C(NC(=O)C1Cc2cccc3c2N1C(=O)C(NC(=O)C(C)N(C)C(=O)OC(C)(C)C)CC3)c1ccccc1. The molecule has 11 heteroatoms. The molecule has 2 aliphatic heterocycles.